The molecular formula is C23H27N3O4. The van der Waals surface area contributed by atoms with Crippen molar-refractivity contribution < 1.29 is 19.4 Å². The van der Waals surface area contributed by atoms with Crippen molar-refractivity contribution in [3.8, 4) is 22.8 Å². The molecule has 3 aromatic rings. The minimum Gasteiger partial charge on any atom is -0.493 e. The molecule has 0 atom stereocenters. The van der Waals surface area contributed by atoms with Crippen LogP contribution in [0.2, 0.25) is 0 Å². The van der Waals surface area contributed by atoms with Gasteiger partial charge >= 0.3 is 5.97 Å². The van der Waals surface area contributed by atoms with Gasteiger partial charge in [-0.15, -0.1) is 0 Å². The Hall–Kier alpha value is -3.06. The Morgan fingerprint density at radius 1 is 1.13 bits per heavy atom. The molecule has 0 radical (unpaired) electrons. The van der Waals surface area contributed by atoms with Crippen molar-refractivity contribution in [3.63, 3.8) is 0 Å². The number of fused-ring (bicyclic) bond motifs is 1. The first-order chi connectivity index (χ1) is 14.5. The molecule has 1 aromatic carbocycles. The maximum atomic E-state index is 11.3. The summed E-state index contributed by atoms with van der Waals surface area (Å²) in [5.74, 6) is 0.414. The number of piperidine rings is 1. The predicted molar refractivity (Wildman–Crippen MR) is 114 cm³/mol. The number of methoxy groups -OCH3 is 2. The van der Waals surface area contributed by atoms with Crippen LogP contribution in [-0.2, 0) is 11.3 Å². The van der Waals surface area contributed by atoms with Gasteiger partial charge in [0.1, 0.15) is 5.65 Å². The van der Waals surface area contributed by atoms with E-state index in [1.165, 1.54) is 0 Å². The van der Waals surface area contributed by atoms with Crippen molar-refractivity contribution >= 4 is 11.6 Å². The van der Waals surface area contributed by atoms with E-state index in [9.17, 15) is 9.90 Å². The molecule has 2 aromatic heterocycles. The van der Waals surface area contributed by atoms with Gasteiger partial charge in [0.2, 0.25) is 0 Å². The van der Waals surface area contributed by atoms with Crippen molar-refractivity contribution in [1.82, 2.24) is 14.3 Å². The fourth-order valence-corrected chi connectivity index (χ4v) is 4.11. The van der Waals surface area contributed by atoms with Crippen molar-refractivity contribution in [2.45, 2.75) is 26.3 Å². The van der Waals surface area contributed by atoms with Crippen LogP contribution in [0, 0.1) is 12.8 Å². The lowest BCUT2D eigenvalue weighted by Crippen LogP contribution is -2.36. The molecule has 0 saturated carbocycles. The maximum Gasteiger partial charge on any atom is 0.306 e. The Balaban J connectivity index is 1.72. The standard InChI is InChI=1S/C23H27N3O4/c1-15-6-11-26-18(14-25-9-7-16(8-10-25)23(27)28)22(24-21(26)12-15)17-4-5-19(29-2)20(13-17)30-3/h4-6,11-13,16H,7-10,14H2,1-3H3,(H,27,28). The summed E-state index contributed by atoms with van der Waals surface area (Å²) in [6.45, 7) is 4.30. The quantitative estimate of drug-likeness (QED) is 0.670. The molecule has 158 valence electrons. The van der Waals surface area contributed by atoms with Crippen molar-refractivity contribution in [2.75, 3.05) is 27.3 Å². The molecule has 0 unspecified atom stereocenters. The summed E-state index contributed by atoms with van der Waals surface area (Å²) in [7, 11) is 3.25. The van der Waals surface area contributed by atoms with Gasteiger partial charge in [0.15, 0.2) is 11.5 Å². The highest BCUT2D eigenvalue weighted by Gasteiger charge is 2.26. The third-order valence-corrected chi connectivity index (χ3v) is 5.85. The normalized spacial score (nSPS) is 15.4. The highest BCUT2D eigenvalue weighted by atomic mass is 16.5. The number of aliphatic carboxylic acids is 1. The van der Waals surface area contributed by atoms with Gasteiger partial charge in [0.25, 0.3) is 0 Å². The number of likely N-dealkylation sites (tertiary alicyclic amines) is 1. The second kappa shape index (κ2) is 8.36. The zero-order valence-electron chi connectivity index (χ0n) is 17.6. The number of rotatable bonds is 6. The zero-order chi connectivity index (χ0) is 21.3. The maximum absolute atomic E-state index is 11.3. The molecule has 1 fully saturated rings. The lowest BCUT2D eigenvalue weighted by molar-refractivity contribution is -0.143. The van der Waals surface area contributed by atoms with E-state index in [0.717, 1.165) is 41.3 Å². The van der Waals surface area contributed by atoms with Crippen LogP contribution in [0.15, 0.2) is 36.5 Å². The highest BCUT2D eigenvalue weighted by Crippen LogP contribution is 2.34. The van der Waals surface area contributed by atoms with Gasteiger partial charge in [0, 0.05) is 18.3 Å². The lowest BCUT2D eigenvalue weighted by Gasteiger charge is -2.30. The van der Waals surface area contributed by atoms with Gasteiger partial charge in [-0.1, -0.05) is 0 Å². The molecule has 0 bridgehead atoms. The van der Waals surface area contributed by atoms with Crippen molar-refractivity contribution in [3.05, 3.63) is 47.8 Å². The summed E-state index contributed by atoms with van der Waals surface area (Å²) in [6.07, 6.45) is 3.41. The first-order valence-electron chi connectivity index (χ1n) is 10.1. The number of pyridine rings is 1. The smallest absolute Gasteiger partial charge is 0.306 e. The van der Waals surface area contributed by atoms with E-state index in [2.05, 4.69) is 34.6 Å². The van der Waals surface area contributed by atoms with Gasteiger partial charge in [-0.05, 0) is 68.8 Å². The van der Waals surface area contributed by atoms with Gasteiger partial charge in [-0.2, -0.15) is 0 Å². The number of carboxylic acids is 1. The highest BCUT2D eigenvalue weighted by molar-refractivity contribution is 5.70. The molecule has 1 N–H and O–H groups in total. The minimum atomic E-state index is -0.689. The third kappa shape index (κ3) is 3.85. The van der Waals surface area contributed by atoms with Crippen LogP contribution in [0.4, 0.5) is 0 Å². The van der Waals surface area contributed by atoms with Crippen LogP contribution in [-0.4, -0.2) is 52.7 Å². The van der Waals surface area contributed by atoms with Gasteiger partial charge in [-0.25, -0.2) is 4.98 Å². The van der Waals surface area contributed by atoms with E-state index in [1.54, 1.807) is 14.2 Å². The van der Waals surface area contributed by atoms with Gasteiger partial charge in [-0.3, -0.25) is 9.69 Å². The first-order valence-corrected chi connectivity index (χ1v) is 10.1. The SMILES string of the molecule is COc1ccc(-c2nc3cc(C)ccn3c2CN2CCC(C(=O)O)CC2)cc1OC. The minimum absolute atomic E-state index is 0.239. The molecule has 7 nitrogen and oxygen atoms in total. The number of carboxylic acid groups (broad SMARTS) is 1. The Morgan fingerprint density at radius 3 is 2.53 bits per heavy atom. The Labute approximate surface area is 175 Å². The summed E-state index contributed by atoms with van der Waals surface area (Å²) >= 11 is 0. The summed E-state index contributed by atoms with van der Waals surface area (Å²) in [5, 5.41) is 9.28. The Morgan fingerprint density at radius 2 is 1.87 bits per heavy atom. The molecule has 3 heterocycles. The largest absolute Gasteiger partial charge is 0.493 e. The number of benzene rings is 1. The molecule has 1 saturated heterocycles. The predicted octanol–water partition coefficient (Wildman–Crippen LogP) is 3.62. The molecule has 4 rings (SSSR count). The molecule has 1 aliphatic heterocycles. The van der Waals surface area contributed by atoms with Crippen LogP contribution in [0.1, 0.15) is 24.1 Å². The second-order valence-electron chi connectivity index (χ2n) is 7.80. The van der Waals surface area contributed by atoms with Crippen molar-refractivity contribution in [1.29, 1.82) is 0 Å². The van der Waals surface area contributed by atoms with Crippen LogP contribution in [0.25, 0.3) is 16.9 Å². The van der Waals surface area contributed by atoms with E-state index >= 15 is 0 Å². The number of nitrogens with zero attached hydrogens (tertiary/aromatic N) is 3. The number of aromatic nitrogens is 2. The van der Waals surface area contributed by atoms with Crippen LogP contribution >= 0.6 is 0 Å². The molecule has 0 spiro atoms. The van der Waals surface area contributed by atoms with Crippen molar-refractivity contribution in [2.24, 2.45) is 5.92 Å². The van der Waals surface area contributed by atoms with E-state index in [0.29, 0.717) is 30.9 Å². The van der Waals surface area contributed by atoms with E-state index in [-0.39, 0.29) is 5.92 Å². The average molecular weight is 409 g/mol. The number of hydrogen-bond donors (Lipinski definition) is 1. The number of ether oxygens (including phenoxy) is 2. The molecule has 0 amide bonds. The van der Waals surface area contributed by atoms with Crippen LogP contribution < -0.4 is 9.47 Å². The molecule has 1 aliphatic rings. The van der Waals surface area contributed by atoms with E-state index in [4.69, 9.17) is 14.5 Å². The van der Waals surface area contributed by atoms with E-state index in [1.807, 2.05) is 18.2 Å². The summed E-state index contributed by atoms with van der Waals surface area (Å²) < 4.78 is 13.0. The van der Waals surface area contributed by atoms with Crippen LogP contribution in [0.3, 0.4) is 0 Å². The van der Waals surface area contributed by atoms with E-state index < -0.39 is 5.97 Å². The average Bonchev–Trinajstić information content (AvgIpc) is 3.10. The topological polar surface area (TPSA) is 76.3 Å². The monoisotopic (exact) mass is 409 g/mol. The molecule has 7 heteroatoms. The molecule has 30 heavy (non-hydrogen) atoms. The number of hydrogen-bond acceptors (Lipinski definition) is 5. The molecular weight excluding hydrogens is 382 g/mol. The lowest BCUT2D eigenvalue weighted by atomic mass is 9.97. The first kappa shape index (κ1) is 20.2. The number of aryl methyl sites for hydroxylation is 1. The number of imidazole rings is 1. The fraction of sp³-hybridized carbons (Fsp3) is 0.391. The Bertz CT molecular complexity index is 1070. The Kier molecular flexibility index (Phi) is 5.63. The van der Waals surface area contributed by atoms with Gasteiger partial charge < -0.3 is 19.0 Å². The van der Waals surface area contributed by atoms with Gasteiger partial charge in [0.05, 0.1) is 31.5 Å². The summed E-state index contributed by atoms with van der Waals surface area (Å²) in [6, 6.07) is 9.99. The summed E-state index contributed by atoms with van der Waals surface area (Å²) in [4.78, 5) is 18.5. The number of carbonyl (C=O) groups is 1. The fourth-order valence-electron chi connectivity index (χ4n) is 4.11. The summed E-state index contributed by atoms with van der Waals surface area (Å²) in [5.41, 5.74) is 5.01. The molecule has 0 aliphatic carbocycles. The zero-order valence-corrected chi connectivity index (χ0v) is 17.6. The second-order valence-corrected chi connectivity index (χ2v) is 7.80. The third-order valence-electron chi connectivity index (χ3n) is 5.85. The van der Waals surface area contributed by atoms with Crippen LogP contribution in [0.5, 0.6) is 11.5 Å².